The molecule has 0 saturated heterocycles. The van der Waals surface area contributed by atoms with Gasteiger partial charge in [0.05, 0.1) is 24.9 Å². The standard InChI is InChI=1S/C20H23BrN2O3/c1-14-11-17(25-2)9-8-16(14)5-4-6-20(24)23-22-13-15-7-10-19(26-3)18(21)12-15/h7-13H,4-6H2,1-3H3,(H,23,24)/b22-13-. The average molecular weight is 419 g/mol. The summed E-state index contributed by atoms with van der Waals surface area (Å²) in [6, 6.07) is 11.6. The summed E-state index contributed by atoms with van der Waals surface area (Å²) >= 11 is 3.42. The lowest BCUT2D eigenvalue weighted by Crippen LogP contribution is -2.17. The zero-order valence-electron chi connectivity index (χ0n) is 15.2. The Morgan fingerprint density at radius 2 is 2.00 bits per heavy atom. The minimum absolute atomic E-state index is 0.0972. The molecule has 2 rings (SSSR count). The predicted molar refractivity (Wildman–Crippen MR) is 107 cm³/mol. The molecule has 0 saturated carbocycles. The Hall–Kier alpha value is -2.34. The quantitative estimate of drug-likeness (QED) is 0.514. The van der Waals surface area contributed by atoms with E-state index in [2.05, 4.69) is 33.4 Å². The molecule has 0 aliphatic rings. The number of hydrazone groups is 1. The van der Waals surface area contributed by atoms with Crippen LogP contribution in [0, 0.1) is 6.92 Å². The topological polar surface area (TPSA) is 59.9 Å². The van der Waals surface area contributed by atoms with Gasteiger partial charge in [-0.3, -0.25) is 4.79 Å². The summed E-state index contributed by atoms with van der Waals surface area (Å²) in [6.45, 7) is 2.05. The molecule has 26 heavy (non-hydrogen) atoms. The molecule has 0 heterocycles. The van der Waals surface area contributed by atoms with Gasteiger partial charge < -0.3 is 9.47 Å². The fourth-order valence-corrected chi connectivity index (χ4v) is 3.07. The summed E-state index contributed by atoms with van der Waals surface area (Å²) in [5, 5.41) is 4.00. The smallest absolute Gasteiger partial charge is 0.240 e. The Morgan fingerprint density at radius 1 is 1.19 bits per heavy atom. The van der Waals surface area contributed by atoms with Gasteiger partial charge in [-0.1, -0.05) is 6.07 Å². The number of carbonyl (C=O) groups excluding carboxylic acids is 1. The van der Waals surface area contributed by atoms with E-state index < -0.39 is 0 Å². The molecule has 1 N–H and O–H groups in total. The van der Waals surface area contributed by atoms with E-state index in [1.54, 1.807) is 20.4 Å². The third-order valence-electron chi connectivity index (χ3n) is 3.98. The van der Waals surface area contributed by atoms with Crippen LogP contribution in [0.4, 0.5) is 0 Å². The number of hydrogen-bond donors (Lipinski definition) is 1. The Kier molecular flexibility index (Phi) is 7.66. The van der Waals surface area contributed by atoms with Gasteiger partial charge in [0.25, 0.3) is 0 Å². The first kappa shape index (κ1) is 20.0. The molecule has 2 aromatic rings. The zero-order valence-corrected chi connectivity index (χ0v) is 16.8. The lowest BCUT2D eigenvalue weighted by atomic mass is 10.0. The number of hydrogen-bond acceptors (Lipinski definition) is 4. The SMILES string of the molecule is COc1ccc(CCCC(=O)N/N=C\c2ccc(OC)c(Br)c2)c(C)c1. The van der Waals surface area contributed by atoms with Gasteiger partial charge in [-0.2, -0.15) is 5.10 Å². The van der Waals surface area contributed by atoms with Crippen molar-refractivity contribution in [3.05, 3.63) is 57.6 Å². The number of nitrogens with one attached hydrogen (secondary N) is 1. The molecule has 0 aliphatic heterocycles. The monoisotopic (exact) mass is 418 g/mol. The van der Waals surface area contributed by atoms with Crippen molar-refractivity contribution < 1.29 is 14.3 Å². The van der Waals surface area contributed by atoms with Crippen molar-refractivity contribution in [2.24, 2.45) is 5.10 Å². The van der Waals surface area contributed by atoms with Crippen LogP contribution in [0.25, 0.3) is 0 Å². The van der Waals surface area contributed by atoms with Crippen molar-refractivity contribution in [2.75, 3.05) is 14.2 Å². The highest BCUT2D eigenvalue weighted by Crippen LogP contribution is 2.24. The van der Waals surface area contributed by atoms with E-state index in [0.29, 0.717) is 6.42 Å². The zero-order chi connectivity index (χ0) is 18.9. The van der Waals surface area contributed by atoms with Gasteiger partial charge in [-0.15, -0.1) is 0 Å². The predicted octanol–water partition coefficient (Wildman–Crippen LogP) is 4.25. The van der Waals surface area contributed by atoms with E-state index in [-0.39, 0.29) is 5.91 Å². The second-order valence-corrected chi connectivity index (χ2v) is 6.69. The van der Waals surface area contributed by atoms with Crippen molar-refractivity contribution >= 4 is 28.1 Å². The lowest BCUT2D eigenvalue weighted by molar-refractivity contribution is -0.121. The number of rotatable bonds is 8. The fraction of sp³-hybridized carbons (Fsp3) is 0.300. The van der Waals surface area contributed by atoms with Gasteiger partial charge in [0.2, 0.25) is 5.91 Å². The van der Waals surface area contributed by atoms with Crippen molar-refractivity contribution in [1.29, 1.82) is 0 Å². The molecule has 0 atom stereocenters. The third kappa shape index (κ3) is 5.88. The average Bonchev–Trinajstić information content (AvgIpc) is 2.63. The largest absolute Gasteiger partial charge is 0.497 e. The number of aryl methyl sites for hydroxylation is 2. The molecule has 1 amide bonds. The van der Waals surface area contributed by atoms with Crippen LogP contribution in [0.2, 0.25) is 0 Å². The van der Waals surface area contributed by atoms with E-state index >= 15 is 0 Å². The van der Waals surface area contributed by atoms with Gasteiger partial charge in [0.15, 0.2) is 0 Å². The second-order valence-electron chi connectivity index (χ2n) is 5.83. The Bertz CT molecular complexity index is 791. The first-order chi connectivity index (χ1) is 12.5. The minimum Gasteiger partial charge on any atom is -0.497 e. The highest BCUT2D eigenvalue weighted by atomic mass is 79.9. The molecule has 138 valence electrons. The molecular weight excluding hydrogens is 396 g/mol. The Balaban J connectivity index is 1.77. The highest BCUT2D eigenvalue weighted by Gasteiger charge is 2.04. The lowest BCUT2D eigenvalue weighted by Gasteiger charge is -2.07. The molecule has 0 aromatic heterocycles. The van der Waals surface area contributed by atoms with Gasteiger partial charge in [-0.05, 0) is 82.7 Å². The first-order valence-electron chi connectivity index (χ1n) is 8.32. The van der Waals surface area contributed by atoms with Gasteiger partial charge in [-0.25, -0.2) is 5.43 Å². The van der Waals surface area contributed by atoms with Crippen molar-refractivity contribution in [3.8, 4) is 11.5 Å². The van der Waals surface area contributed by atoms with Crippen LogP contribution in [0.1, 0.15) is 29.5 Å². The van der Waals surface area contributed by atoms with Crippen LogP contribution in [0.15, 0.2) is 46.0 Å². The Morgan fingerprint density at radius 3 is 2.65 bits per heavy atom. The number of ether oxygens (including phenoxy) is 2. The molecule has 0 radical (unpaired) electrons. The van der Waals surface area contributed by atoms with Crippen molar-refractivity contribution in [3.63, 3.8) is 0 Å². The van der Waals surface area contributed by atoms with Crippen LogP contribution in [-0.2, 0) is 11.2 Å². The number of amides is 1. The van der Waals surface area contributed by atoms with E-state index in [1.165, 1.54) is 11.1 Å². The van der Waals surface area contributed by atoms with E-state index in [0.717, 1.165) is 34.4 Å². The molecule has 0 spiro atoms. The number of methoxy groups -OCH3 is 2. The van der Waals surface area contributed by atoms with Gasteiger partial charge >= 0.3 is 0 Å². The molecule has 2 aromatic carbocycles. The first-order valence-corrected chi connectivity index (χ1v) is 9.11. The number of benzene rings is 2. The Labute approximate surface area is 162 Å². The molecule has 5 nitrogen and oxygen atoms in total. The number of carbonyl (C=O) groups is 1. The number of nitrogens with zero attached hydrogens (tertiary/aromatic N) is 1. The third-order valence-corrected chi connectivity index (χ3v) is 4.60. The van der Waals surface area contributed by atoms with E-state index in [9.17, 15) is 4.79 Å². The molecule has 6 heteroatoms. The van der Waals surface area contributed by atoms with Crippen LogP contribution in [-0.4, -0.2) is 26.3 Å². The molecule has 0 fully saturated rings. The minimum atomic E-state index is -0.0972. The number of halogens is 1. The summed E-state index contributed by atoms with van der Waals surface area (Å²) in [6.07, 6.45) is 3.64. The molecule has 0 aliphatic carbocycles. The maximum Gasteiger partial charge on any atom is 0.240 e. The van der Waals surface area contributed by atoms with Crippen molar-refractivity contribution in [2.45, 2.75) is 26.2 Å². The normalized spacial score (nSPS) is 10.8. The second kappa shape index (κ2) is 9.97. The van der Waals surface area contributed by atoms with Crippen LogP contribution in [0.3, 0.4) is 0 Å². The summed E-state index contributed by atoms with van der Waals surface area (Å²) in [7, 11) is 3.27. The fourth-order valence-electron chi connectivity index (χ4n) is 2.51. The van der Waals surface area contributed by atoms with Crippen LogP contribution >= 0.6 is 15.9 Å². The molecule has 0 bridgehead atoms. The van der Waals surface area contributed by atoms with E-state index in [1.807, 2.05) is 36.4 Å². The van der Waals surface area contributed by atoms with Gasteiger partial charge in [0.1, 0.15) is 11.5 Å². The van der Waals surface area contributed by atoms with Crippen LogP contribution in [0.5, 0.6) is 11.5 Å². The molecular formula is C20H23BrN2O3. The highest BCUT2D eigenvalue weighted by molar-refractivity contribution is 9.10. The molecule has 0 unspecified atom stereocenters. The van der Waals surface area contributed by atoms with E-state index in [4.69, 9.17) is 9.47 Å². The maximum absolute atomic E-state index is 11.9. The van der Waals surface area contributed by atoms with Crippen LogP contribution < -0.4 is 14.9 Å². The maximum atomic E-state index is 11.9. The summed E-state index contributed by atoms with van der Waals surface area (Å²) in [4.78, 5) is 11.9. The van der Waals surface area contributed by atoms with Gasteiger partial charge in [0, 0.05) is 6.42 Å². The van der Waals surface area contributed by atoms with Crippen molar-refractivity contribution in [1.82, 2.24) is 5.43 Å². The summed E-state index contributed by atoms with van der Waals surface area (Å²) in [5.41, 5.74) is 5.83. The summed E-state index contributed by atoms with van der Waals surface area (Å²) < 4.78 is 11.2. The summed E-state index contributed by atoms with van der Waals surface area (Å²) in [5.74, 6) is 1.50.